The lowest BCUT2D eigenvalue weighted by Gasteiger charge is -2.21. The first-order valence-electron chi connectivity index (χ1n) is 4.96. The number of nitrogens with zero attached hydrogens (tertiary/aromatic N) is 1. The number of carbonyl (C=O) groups is 1. The van der Waals surface area contributed by atoms with Gasteiger partial charge in [-0.15, -0.1) is 11.3 Å². The van der Waals surface area contributed by atoms with Crippen molar-refractivity contribution in [2.75, 3.05) is 13.1 Å². The minimum atomic E-state index is 0. The molecule has 6 heteroatoms. The van der Waals surface area contributed by atoms with Gasteiger partial charge >= 0.3 is 11.1 Å². The highest BCUT2D eigenvalue weighted by Gasteiger charge is 2.41. The number of thioether (sulfide) groups is 1. The van der Waals surface area contributed by atoms with Crippen LogP contribution in [0.1, 0.15) is 16.5 Å². The molecule has 16 heavy (non-hydrogen) atoms. The largest absolute Gasteiger partial charge is 1.00 e. The first-order chi connectivity index (χ1) is 7.34. The van der Waals surface area contributed by atoms with Gasteiger partial charge in [-0.1, -0.05) is 6.07 Å². The highest BCUT2D eigenvalue weighted by Crippen LogP contribution is 2.39. The average Bonchev–Trinajstić information content (AvgIpc) is 2.88. The van der Waals surface area contributed by atoms with Gasteiger partial charge in [-0.05, 0) is 23.2 Å². The molecule has 3 nitrogen and oxygen atoms in total. The maximum Gasteiger partial charge on any atom is 0.314 e. The highest BCUT2D eigenvalue weighted by atomic mass is 35.5. The standard InChI is InChI=1S/C10H10N2OS2.ClH/c13-9-6-8(7-2-1-5-14-7)15-10-11-3-4-12(9)10;/h1-2,5,8H,3-4,6H2;1H. The lowest BCUT2D eigenvalue weighted by molar-refractivity contribution is -0.441. The predicted molar refractivity (Wildman–Crippen MR) is 61.8 cm³/mol. The summed E-state index contributed by atoms with van der Waals surface area (Å²) in [6, 6.07) is 4.16. The van der Waals surface area contributed by atoms with Crippen LogP contribution in [0.2, 0.25) is 0 Å². The van der Waals surface area contributed by atoms with Gasteiger partial charge in [-0.2, -0.15) is 4.90 Å². The van der Waals surface area contributed by atoms with Crippen LogP contribution in [0.5, 0.6) is 0 Å². The fraction of sp³-hybridized carbons (Fsp3) is 0.400. The summed E-state index contributed by atoms with van der Waals surface area (Å²) >= 11 is 3.52. The molecule has 2 aliphatic rings. The second-order valence-electron chi connectivity index (χ2n) is 3.60. The highest BCUT2D eigenvalue weighted by molar-refractivity contribution is 8.14. The zero-order chi connectivity index (χ0) is 10.3. The molecule has 1 unspecified atom stereocenters. The molecule has 0 saturated carbocycles. The van der Waals surface area contributed by atoms with Crippen molar-refractivity contribution in [2.24, 2.45) is 0 Å². The molecule has 1 aromatic heterocycles. The molecular formula is C10H11ClN2OS2. The molecule has 1 saturated heterocycles. The maximum absolute atomic E-state index is 11.8. The van der Waals surface area contributed by atoms with Crippen LogP contribution in [0.15, 0.2) is 17.5 Å². The van der Waals surface area contributed by atoms with E-state index in [0.717, 1.165) is 18.3 Å². The van der Waals surface area contributed by atoms with Crippen molar-refractivity contribution in [3.05, 3.63) is 22.4 Å². The summed E-state index contributed by atoms with van der Waals surface area (Å²) in [5.41, 5.74) is 0. The van der Waals surface area contributed by atoms with Crippen LogP contribution in [-0.2, 0) is 4.79 Å². The van der Waals surface area contributed by atoms with E-state index in [2.05, 4.69) is 16.4 Å². The fourth-order valence-electron chi connectivity index (χ4n) is 1.89. The molecule has 1 atom stereocenters. The van der Waals surface area contributed by atoms with Gasteiger partial charge in [0.1, 0.15) is 13.1 Å². The Hall–Kier alpha value is -0.520. The van der Waals surface area contributed by atoms with Crippen LogP contribution >= 0.6 is 23.1 Å². The number of fused-ring (bicyclic) bond motifs is 1. The Kier molecular flexibility index (Phi) is 3.56. The van der Waals surface area contributed by atoms with Crippen LogP contribution in [-0.4, -0.2) is 29.1 Å². The maximum atomic E-state index is 11.8. The number of rotatable bonds is 1. The summed E-state index contributed by atoms with van der Waals surface area (Å²) in [5.74, 6) is 0.257. The second-order valence-corrected chi connectivity index (χ2v) is 5.77. The van der Waals surface area contributed by atoms with Gasteiger partial charge in [-0.3, -0.25) is 4.99 Å². The summed E-state index contributed by atoms with van der Waals surface area (Å²) in [4.78, 5) is 18.3. The first-order valence-corrected chi connectivity index (χ1v) is 6.72. The third kappa shape index (κ3) is 1.99. The minimum absolute atomic E-state index is 0. The van der Waals surface area contributed by atoms with E-state index in [-0.39, 0.29) is 18.3 Å². The first kappa shape index (κ1) is 12.0. The van der Waals surface area contributed by atoms with E-state index in [1.165, 1.54) is 4.88 Å². The van der Waals surface area contributed by atoms with E-state index in [4.69, 9.17) is 0 Å². The Morgan fingerprint density at radius 1 is 1.50 bits per heavy atom. The summed E-state index contributed by atoms with van der Waals surface area (Å²) < 4.78 is 0. The van der Waals surface area contributed by atoms with Crippen LogP contribution in [0.3, 0.4) is 0 Å². The van der Waals surface area contributed by atoms with Crippen molar-refractivity contribution in [3.63, 3.8) is 0 Å². The van der Waals surface area contributed by atoms with Gasteiger partial charge < -0.3 is 12.4 Å². The average molecular weight is 275 g/mol. The zero-order valence-corrected chi connectivity index (χ0v) is 10.9. The molecule has 1 N–H and O–H groups in total. The van der Waals surface area contributed by atoms with Crippen molar-refractivity contribution in [2.45, 2.75) is 11.7 Å². The monoisotopic (exact) mass is 274 g/mol. The predicted octanol–water partition coefficient (Wildman–Crippen LogP) is -2.79. The van der Waals surface area contributed by atoms with Crippen LogP contribution in [0.25, 0.3) is 0 Å². The van der Waals surface area contributed by atoms with Gasteiger partial charge in [-0.25, -0.2) is 4.79 Å². The molecule has 0 bridgehead atoms. The van der Waals surface area contributed by atoms with Gasteiger partial charge in [0.05, 0.1) is 11.7 Å². The molecule has 1 aromatic rings. The van der Waals surface area contributed by atoms with Crippen LogP contribution in [0.4, 0.5) is 0 Å². The summed E-state index contributed by atoms with van der Waals surface area (Å²) in [7, 11) is 0. The molecular weight excluding hydrogens is 264 g/mol. The van der Waals surface area contributed by atoms with Crippen LogP contribution in [0, 0.1) is 0 Å². The lowest BCUT2D eigenvalue weighted by atomic mass is 10.2. The van der Waals surface area contributed by atoms with Gasteiger partial charge in [0.15, 0.2) is 0 Å². The Morgan fingerprint density at radius 2 is 2.38 bits per heavy atom. The summed E-state index contributed by atoms with van der Waals surface area (Å²) in [6.07, 6.45) is 0.635. The summed E-state index contributed by atoms with van der Waals surface area (Å²) in [6.45, 7) is 1.73. The molecule has 0 aromatic carbocycles. The van der Waals surface area contributed by atoms with E-state index < -0.39 is 0 Å². The lowest BCUT2D eigenvalue weighted by Crippen LogP contribution is -3.00. The minimum Gasteiger partial charge on any atom is -1.00 e. The smallest absolute Gasteiger partial charge is 0.314 e. The number of amides is 1. The second kappa shape index (κ2) is 4.77. The SMILES string of the molecule is O=C1CC(c2cccs2)SC2=[NH+]CCN12.[Cl-]. The number of carbonyl (C=O) groups excluding carboxylic acids is 1. The zero-order valence-electron chi connectivity index (χ0n) is 8.48. The van der Waals surface area contributed by atoms with Gasteiger partial charge in [0.2, 0.25) is 0 Å². The van der Waals surface area contributed by atoms with Crippen molar-refractivity contribution >= 4 is 34.2 Å². The van der Waals surface area contributed by atoms with E-state index >= 15 is 0 Å². The third-order valence-corrected chi connectivity index (χ3v) is 5.06. The molecule has 3 heterocycles. The van der Waals surface area contributed by atoms with Gasteiger partial charge in [0, 0.05) is 4.88 Å². The Morgan fingerprint density at radius 3 is 3.12 bits per heavy atom. The quantitative estimate of drug-likeness (QED) is 0.601. The van der Waals surface area contributed by atoms with Crippen molar-refractivity contribution in [3.8, 4) is 0 Å². The van der Waals surface area contributed by atoms with Gasteiger partial charge in [0.25, 0.3) is 0 Å². The number of halogens is 1. The van der Waals surface area contributed by atoms with E-state index in [9.17, 15) is 4.79 Å². The molecule has 2 aliphatic heterocycles. The Balaban J connectivity index is 0.000000963. The summed E-state index contributed by atoms with van der Waals surface area (Å²) in [5, 5.41) is 3.43. The van der Waals surface area contributed by atoms with Crippen molar-refractivity contribution in [1.82, 2.24) is 4.90 Å². The number of nitrogens with one attached hydrogen (secondary N) is 1. The topological polar surface area (TPSA) is 34.3 Å². The normalized spacial score (nSPS) is 23.8. The number of thiophene rings is 1. The Bertz CT molecular complexity index is 418. The third-order valence-electron chi connectivity index (χ3n) is 2.63. The fourth-order valence-corrected chi connectivity index (χ4v) is 4.11. The molecule has 0 aliphatic carbocycles. The van der Waals surface area contributed by atoms with E-state index in [1.807, 2.05) is 11.0 Å². The molecule has 1 amide bonds. The van der Waals surface area contributed by atoms with Crippen LogP contribution < -0.4 is 17.4 Å². The van der Waals surface area contributed by atoms with Crippen molar-refractivity contribution < 1.29 is 22.2 Å². The molecule has 1 fully saturated rings. The van der Waals surface area contributed by atoms with Crippen molar-refractivity contribution in [1.29, 1.82) is 0 Å². The molecule has 0 spiro atoms. The molecule has 0 radical (unpaired) electrons. The Labute approximate surface area is 108 Å². The number of hydrogen-bond donors (Lipinski definition) is 1. The molecule has 86 valence electrons. The number of hydrogen-bond acceptors (Lipinski definition) is 3. The molecule has 3 rings (SSSR count). The van der Waals surface area contributed by atoms with E-state index in [0.29, 0.717) is 11.7 Å². The van der Waals surface area contributed by atoms with E-state index in [1.54, 1.807) is 23.1 Å². The number of amidine groups is 1.